The Morgan fingerprint density at radius 1 is 1.00 bits per heavy atom. The van der Waals surface area contributed by atoms with Gasteiger partial charge in [0.05, 0.1) is 11.3 Å². The second-order valence-corrected chi connectivity index (χ2v) is 7.24. The Hall–Kier alpha value is -4.13. The number of nitrogens with one attached hydrogen (secondary N) is 1. The van der Waals surface area contributed by atoms with Crippen molar-refractivity contribution in [1.29, 1.82) is 0 Å². The number of nitrogens with zero attached hydrogens (tertiary/aromatic N) is 2. The van der Waals surface area contributed by atoms with Crippen LogP contribution in [0.2, 0.25) is 0 Å². The Balaban J connectivity index is 1.57. The number of hydrogen-bond acceptors (Lipinski definition) is 3. The molecule has 7 heteroatoms. The first kappa shape index (κ1) is 18.9. The molecule has 0 unspecified atom stereocenters. The summed E-state index contributed by atoms with van der Waals surface area (Å²) in [7, 11) is 0. The van der Waals surface area contributed by atoms with E-state index in [0.717, 1.165) is 5.56 Å². The quantitative estimate of drug-likeness (QED) is 0.480. The third-order valence-corrected chi connectivity index (χ3v) is 5.13. The van der Waals surface area contributed by atoms with E-state index in [1.807, 2.05) is 42.5 Å². The van der Waals surface area contributed by atoms with E-state index in [0.29, 0.717) is 35.0 Å². The second-order valence-electron chi connectivity index (χ2n) is 7.24. The summed E-state index contributed by atoms with van der Waals surface area (Å²) in [6.45, 7) is -0.182. The van der Waals surface area contributed by atoms with Crippen LogP contribution in [0.15, 0.2) is 83.7 Å². The number of aromatic nitrogens is 2. The number of fused-ring (bicyclic) bond motifs is 2. The topological polar surface area (TPSA) is 65.3 Å². The van der Waals surface area contributed by atoms with Gasteiger partial charge in [0, 0.05) is 12.1 Å². The molecule has 3 aromatic carbocycles. The van der Waals surface area contributed by atoms with Gasteiger partial charge in [0.1, 0.15) is 18.1 Å². The van der Waals surface area contributed by atoms with Gasteiger partial charge in [0.2, 0.25) is 11.8 Å². The number of para-hydroxylation sites is 2. The number of carbonyl (C=O) groups is 1. The van der Waals surface area contributed by atoms with Crippen molar-refractivity contribution in [2.75, 3.05) is 5.32 Å². The molecular weight excluding hydrogens is 397 g/mol. The van der Waals surface area contributed by atoms with E-state index in [2.05, 4.69) is 5.32 Å². The molecule has 1 aliphatic rings. The lowest BCUT2D eigenvalue weighted by Gasteiger charge is -2.19. The van der Waals surface area contributed by atoms with E-state index in [9.17, 15) is 14.0 Å². The minimum atomic E-state index is -0.447. The van der Waals surface area contributed by atoms with E-state index in [-0.39, 0.29) is 12.1 Å². The number of rotatable bonds is 4. The lowest BCUT2D eigenvalue weighted by Crippen LogP contribution is -2.27. The Morgan fingerprint density at radius 2 is 1.77 bits per heavy atom. The molecule has 0 saturated carbocycles. The maximum absolute atomic E-state index is 13.5. The minimum absolute atomic E-state index is 0.182. The Bertz CT molecular complexity index is 1340. The lowest BCUT2D eigenvalue weighted by atomic mass is 10.0. The van der Waals surface area contributed by atoms with Crippen LogP contribution in [0.3, 0.4) is 0 Å². The molecule has 2 heterocycles. The molecule has 154 valence electrons. The summed E-state index contributed by atoms with van der Waals surface area (Å²) in [6.07, 6.45) is 0.412. The highest BCUT2D eigenvalue weighted by Crippen LogP contribution is 2.35. The largest absolute Gasteiger partial charge is 0.439 e. The number of halogens is 1. The summed E-state index contributed by atoms with van der Waals surface area (Å²) >= 11 is 0. The van der Waals surface area contributed by atoms with Gasteiger partial charge in [-0.15, -0.1) is 0 Å². The number of amides is 1. The Labute approximate surface area is 177 Å². The molecule has 0 radical (unpaired) electrons. The zero-order valence-corrected chi connectivity index (χ0v) is 16.4. The van der Waals surface area contributed by atoms with Crippen molar-refractivity contribution in [1.82, 2.24) is 9.36 Å². The first-order valence-electron chi connectivity index (χ1n) is 9.81. The number of benzene rings is 3. The van der Waals surface area contributed by atoms with Crippen LogP contribution >= 0.6 is 0 Å². The smallest absolute Gasteiger partial charge is 0.278 e. The van der Waals surface area contributed by atoms with E-state index in [1.165, 1.54) is 27.6 Å². The van der Waals surface area contributed by atoms with Gasteiger partial charge >= 0.3 is 0 Å². The van der Waals surface area contributed by atoms with Crippen molar-refractivity contribution in [2.24, 2.45) is 0 Å². The van der Waals surface area contributed by atoms with E-state index in [4.69, 9.17) is 4.74 Å². The summed E-state index contributed by atoms with van der Waals surface area (Å²) < 4.78 is 22.5. The second kappa shape index (κ2) is 7.60. The number of ether oxygens (including phenoxy) is 1. The van der Waals surface area contributed by atoms with Crippen molar-refractivity contribution in [3.05, 3.63) is 106 Å². The van der Waals surface area contributed by atoms with E-state index >= 15 is 0 Å². The van der Waals surface area contributed by atoms with Crippen molar-refractivity contribution >= 4 is 11.6 Å². The molecule has 0 fully saturated rings. The van der Waals surface area contributed by atoms with Crippen LogP contribution in [0.1, 0.15) is 11.1 Å². The number of carbonyl (C=O) groups excluding carboxylic acids is 1. The summed E-state index contributed by atoms with van der Waals surface area (Å²) in [4.78, 5) is 26.1. The molecular formula is C24H18FN3O3. The maximum atomic E-state index is 13.5. The van der Waals surface area contributed by atoms with Gasteiger partial charge < -0.3 is 10.1 Å². The fourth-order valence-electron chi connectivity index (χ4n) is 3.76. The van der Waals surface area contributed by atoms with Crippen molar-refractivity contribution in [3.63, 3.8) is 0 Å². The SMILES string of the molecule is O=C(Cn1c2c(c(=O)n1-c1ccccc1)Cc1ccccc1O2)Nc1cccc(F)c1. The van der Waals surface area contributed by atoms with Crippen LogP contribution in [0.25, 0.3) is 5.69 Å². The predicted octanol–water partition coefficient (Wildman–Crippen LogP) is 4.11. The van der Waals surface area contributed by atoms with Crippen LogP contribution in [0, 0.1) is 5.82 Å². The standard InChI is InChI=1S/C24H18FN3O3/c25-17-8-6-9-18(14-17)26-22(29)15-27-24-20(13-16-7-4-5-12-21(16)31-24)23(30)28(27)19-10-2-1-3-11-19/h1-12,14H,13,15H2,(H,26,29). The van der Waals surface area contributed by atoms with Crippen LogP contribution in [-0.4, -0.2) is 15.3 Å². The molecule has 0 saturated heterocycles. The lowest BCUT2D eigenvalue weighted by molar-refractivity contribution is -0.117. The molecule has 0 aliphatic carbocycles. The Kier molecular flexibility index (Phi) is 4.63. The van der Waals surface area contributed by atoms with Gasteiger partial charge in [0.25, 0.3) is 5.56 Å². The molecule has 0 bridgehead atoms. The zero-order chi connectivity index (χ0) is 21.4. The first-order valence-corrected chi connectivity index (χ1v) is 9.81. The monoisotopic (exact) mass is 415 g/mol. The molecule has 5 rings (SSSR count). The third-order valence-electron chi connectivity index (χ3n) is 5.13. The number of anilines is 1. The Morgan fingerprint density at radius 3 is 2.58 bits per heavy atom. The minimum Gasteiger partial charge on any atom is -0.439 e. The molecule has 0 spiro atoms. The van der Waals surface area contributed by atoms with E-state index in [1.54, 1.807) is 18.2 Å². The van der Waals surface area contributed by atoms with Gasteiger partial charge in [-0.2, -0.15) is 0 Å². The average Bonchev–Trinajstić information content (AvgIpc) is 3.03. The summed E-state index contributed by atoms with van der Waals surface area (Å²) in [5.41, 5.74) is 2.11. The van der Waals surface area contributed by atoms with Crippen LogP contribution in [0.4, 0.5) is 10.1 Å². The fraction of sp³-hybridized carbons (Fsp3) is 0.0833. The number of hydrogen-bond donors (Lipinski definition) is 1. The zero-order valence-electron chi connectivity index (χ0n) is 16.4. The van der Waals surface area contributed by atoms with Crippen molar-refractivity contribution in [3.8, 4) is 17.3 Å². The maximum Gasteiger partial charge on any atom is 0.278 e. The molecule has 1 aliphatic heterocycles. The molecule has 0 atom stereocenters. The summed E-state index contributed by atoms with van der Waals surface area (Å²) in [5, 5.41) is 2.67. The molecule has 1 N–H and O–H groups in total. The van der Waals surface area contributed by atoms with Gasteiger partial charge in [-0.3, -0.25) is 9.59 Å². The first-order chi connectivity index (χ1) is 15.1. The molecule has 1 amide bonds. The highest BCUT2D eigenvalue weighted by molar-refractivity contribution is 5.90. The molecule has 6 nitrogen and oxygen atoms in total. The van der Waals surface area contributed by atoms with Crippen LogP contribution in [-0.2, 0) is 17.8 Å². The molecule has 4 aromatic rings. The van der Waals surface area contributed by atoms with Crippen molar-refractivity contribution in [2.45, 2.75) is 13.0 Å². The van der Waals surface area contributed by atoms with Gasteiger partial charge in [-0.25, -0.2) is 13.8 Å². The van der Waals surface area contributed by atoms with Crippen molar-refractivity contribution < 1.29 is 13.9 Å². The third kappa shape index (κ3) is 3.50. The van der Waals surface area contributed by atoms with Crippen LogP contribution < -0.4 is 15.6 Å². The predicted molar refractivity (Wildman–Crippen MR) is 114 cm³/mol. The average molecular weight is 415 g/mol. The highest BCUT2D eigenvalue weighted by atomic mass is 19.1. The van der Waals surface area contributed by atoms with Gasteiger partial charge in [-0.1, -0.05) is 42.5 Å². The highest BCUT2D eigenvalue weighted by Gasteiger charge is 2.29. The normalized spacial score (nSPS) is 11.9. The summed E-state index contributed by atoms with van der Waals surface area (Å²) in [5.74, 6) is 0.134. The van der Waals surface area contributed by atoms with E-state index < -0.39 is 11.7 Å². The van der Waals surface area contributed by atoms with Gasteiger partial charge in [0.15, 0.2) is 0 Å². The fourth-order valence-corrected chi connectivity index (χ4v) is 3.76. The summed E-state index contributed by atoms with van der Waals surface area (Å²) in [6, 6.07) is 22.2. The van der Waals surface area contributed by atoms with Crippen LogP contribution in [0.5, 0.6) is 11.6 Å². The molecule has 31 heavy (non-hydrogen) atoms. The van der Waals surface area contributed by atoms with Gasteiger partial charge in [-0.05, 0) is 42.0 Å². The molecule has 1 aromatic heterocycles.